The van der Waals surface area contributed by atoms with Crippen molar-refractivity contribution < 1.29 is 0 Å². The minimum absolute atomic E-state index is 0.540. The SMILES string of the molecule is CCCCc1nc(Cl)c(CNc2c(Br)cc(Br)cc2Br)[nH]1. The molecule has 0 spiro atoms. The lowest BCUT2D eigenvalue weighted by atomic mass is 10.2. The van der Waals surface area contributed by atoms with Crippen molar-refractivity contribution in [1.82, 2.24) is 9.97 Å². The quantitative estimate of drug-likeness (QED) is 0.489. The zero-order chi connectivity index (χ0) is 15.4. The summed E-state index contributed by atoms with van der Waals surface area (Å²) < 4.78 is 2.96. The van der Waals surface area contributed by atoms with Crippen LogP contribution in [0.5, 0.6) is 0 Å². The Morgan fingerprint density at radius 2 is 1.90 bits per heavy atom. The zero-order valence-electron chi connectivity index (χ0n) is 11.4. The van der Waals surface area contributed by atoms with Crippen molar-refractivity contribution in [3.05, 3.63) is 42.2 Å². The molecular formula is C14H15Br3ClN3. The van der Waals surface area contributed by atoms with E-state index in [1.54, 1.807) is 0 Å². The smallest absolute Gasteiger partial charge is 0.152 e. The van der Waals surface area contributed by atoms with E-state index in [0.29, 0.717) is 11.7 Å². The fourth-order valence-electron chi connectivity index (χ4n) is 1.91. The number of imidazole rings is 1. The molecule has 3 nitrogen and oxygen atoms in total. The Morgan fingerprint density at radius 3 is 2.52 bits per heavy atom. The Hall–Kier alpha value is -0.0400. The average Bonchev–Trinajstić information content (AvgIpc) is 2.76. The standard InChI is InChI=1S/C14H15Br3ClN3/c1-2-3-4-12-20-11(14(18)21-12)7-19-13-9(16)5-8(15)6-10(13)17/h5-6,19H,2-4,7H2,1H3,(H,20,21). The lowest BCUT2D eigenvalue weighted by Crippen LogP contribution is -2.02. The van der Waals surface area contributed by atoms with Gasteiger partial charge in [-0.1, -0.05) is 40.9 Å². The number of aryl methyl sites for hydroxylation is 1. The number of hydrogen-bond acceptors (Lipinski definition) is 2. The number of nitrogens with one attached hydrogen (secondary N) is 2. The van der Waals surface area contributed by atoms with Crippen LogP contribution in [0.1, 0.15) is 31.3 Å². The van der Waals surface area contributed by atoms with Gasteiger partial charge in [-0.15, -0.1) is 0 Å². The molecule has 0 aliphatic rings. The highest BCUT2D eigenvalue weighted by Crippen LogP contribution is 2.34. The van der Waals surface area contributed by atoms with E-state index in [4.69, 9.17) is 11.6 Å². The predicted octanol–water partition coefficient (Wildman–Crippen LogP) is 6.31. The summed E-state index contributed by atoms with van der Waals surface area (Å²) in [5.41, 5.74) is 1.89. The number of aromatic nitrogens is 2. The van der Waals surface area contributed by atoms with E-state index in [0.717, 1.165) is 49.9 Å². The average molecular weight is 500 g/mol. The summed E-state index contributed by atoms with van der Waals surface area (Å²) in [5.74, 6) is 0.951. The second kappa shape index (κ2) is 7.99. The normalized spacial score (nSPS) is 10.9. The second-order valence-corrected chi connectivity index (χ2v) is 7.64. The number of anilines is 1. The molecule has 1 heterocycles. The largest absolute Gasteiger partial charge is 0.378 e. The third kappa shape index (κ3) is 4.71. The number of rotatable bonds is 6. The Kier molecular flexibility index (Phi) is 6.59. The van der Waals surface area contributed by atoms with Gasteiger partial charge >= 0.3 is 0 Å². The molecule has 0 aliphatic carbocycles. The molecule has 2 rings (SSSR count). The molecule has 0 saturated heterocycles. The fourth-order valence-corrected chi connectivity index (χ4v) is 4.66. The van der Waals surface area contributed by atoms with E-state index in [9.17, 15) is 0 Å². The monoisotopic (exact) mass is 497 g/mol. The van der Waals surface area contributed by atoms with Crippen LogP contribution in [0.2, 0.25) is 5.15 Å². The lowest BCUT2D eigenvalue weighted by Gasteiger charge is -2.10. The van der Waals surface area contributed by atoms with Crippen molar-refractivity contribution in [3.8, 4) is 0 Å². The van der Waals surface area contributed by atoms with E-state index in [-0.39, 0.29) is 0 Å². The maximum atomic E-state index is 6.18. The van der Waals surface area contributed by atoms with Gasteiger partial charge in [-0.2, -0.15) is 0 Å². The van der Waals surface area contributed by atoms with Gasteiger partial charge in [0.1, 0.15) is 5.82 Å². The van der Waals surface area contributed by atoms with Gasteiger partial charge in [-0.05, 0) is 50.4 Å². The molecule has 7 heteroatoms. The van der Waals surface area contributed by atoms with Crippen molar-refractivity contribution in [1.29, 1.82) is 0 Å². The first-order chi connectivity index (χ1) is 10.0. The van der Waals surface area contributed by atoms with Crippen molar-refractivity contribution in [2.45, 2.75) is 32.7 Å². The fraction of sp³-hybridized carbons (Fsp3) is 0.357. The first-order valence-corrected chi connectivity index (χ1v) is 9.38. The van der Waals surface area contributed by atoms with Gasteiger partial charge in [0.25, 0.3) is 0 Å². The summed E-state index contributed by atoms with van der Waals surface area (Å²) in [4.78, 5) is 7.65. The third-order valence-corrected chi connectivity index (χ3v) is 5.01. The topological polar surface area (TPSA) is 40.7 Å². The van der Waals surface area contributed by atoms with Crippen LogP contribution in [0.25, 0.3) is 0 Å². The summed E-state index contributed by atoms with van der Waals surface area (Å²) in [7, 11) is 0. The first kappa shape index (κ1) is 17.3. The molecule has 0 fully saturated rings. The molecule has 0 amide bonds. The Labute approximate surface area is 154 Å². The van der Waals surface area contributed by atoms with Gasteiger partial charge in [0, 0.05) is 19.8 Å². The van der Waals surface area contributed by atoms with Crippen LogP contribution in [0.3, 0.4) is 0 Å². The van der Waals surface area contributed by atoms with Crippen LogP contribution >= 0.6 is 59.4 Å². The van der Waals surface area contributed by atoms with Crippen LogP contribution in [-0.4, -0.2) is 9.97 Å². The lowest BCUT2D eigenvalue weighted by molar-refractivity contribution is 0.760. The van der Waals surface area contributed by atoms with Crippen molar-refractivity contribution >= 4 is 65.1 Å². The van der Waals surface area contributed by atoms with E-state index in [1.165, 1.54) is 0 Å². The second-order valence-electron chi connectivity index (χ2n) is 4.65. The molecule has 2 N–H and O–H groups in total. The Bertz CT molecular complexity index is 605. The van der Waals surface area contributed by atoms with E-state index < -0.39 is 0 Å². The summed E-state index contributed by atoms with van der Waals surface area (Å²) in [5, 5.41) is 3.90. The van der Waals surface area contributed by atoms with Crippen molar-refractivity contribution in [3.63, 3.8) is 0 Å². The summed E-state index contributed by atoms with van der Waals surface area (Å²) in [6.45, 7) is 2.76. The predicted molar refractivity (Wildman–Crippen MR) is 99.1 cm³/mol. The van der Waals surface area contributed by atoms with Crippen LogP contribution in [0.4, 0.5) is 5.69 Å². The molecular weight excluding hydrogens is 485 g/mol. The molecule has 1 aromatic heterocycles. The van der Waals surface area contributed by atoms with Crippen LogP contribution in [0, 0.1) is 0 Å². The highest BCUT2D eigenvalue weighted by atomic mass is 79.9. The number of aromatic amines is 1. The molecule has 0 saturated carbocycles. The molecule has 0 unspecified atom stereocenters. The van der Waals surface area contributed by atoms with Gasteiger partial charge in [-0.3, -0.25) is 0 Å². The molecule has 0 bridgehead atoms. The molecule has 114 valence electrons. The van der Waals surface area contributed by atoms with Crippen molar-refractivity contribution in [2.75, 3.05) is 5.32 Å². The number of halogens is 4. The molecule has 0 aliphatic heterocycles. The number of H-pyrrole nitrogens is 1. The maximum Gasteiger partial charge on any atom is 0.152 e. The summed E-state index contributed by atoms with van der Waals surface area (Å²) in [6.07, 6.45) is 3.19. The van der Waals surface area contributed by atoms with Gasteiger partial charge < -0.3 is 10.3 Å². The molecule has 21 heavy (non-hydrogen) atoms. The number of nitrogens with zero attached hydrogens (tertiary/aromatic N) is 1. The minimum atomic E-state index is 0.540. The van der Waals surface area contributed by atoms with Gasteiger partial charge in [0.05, 0.1) is 17.9 Å². The number of unbranched alkanes of at least 4 members (excludes halogenated alkanes) is 1. The summed E-state index contributed by atoms with van der Waals surface area (Å²) in [6, 6.07) is 3.99. The van der Waals surface area contributed by atoms with Gasteiger partial charge in [-0.25, -0.2) is 4.98 Å². The highest BCUT2D eigenvalue weighted by molar-refractivity contribution is 9.11. The molecule has 1 aromatic carbocycles. The van der Waals surface area contributed by atoms with E-state index in [1.807, 2.05) is 12.1 Å². The number of hydrogen-bond donors (Lipinski definition) is 2. The van der Waals surface area contributed by atoms with Crippen LogP contribution in [-0.2, 0) is 13.0 Å². The third-order valence-electron chi connectivity index (χ3n) is 2.99. The molecule has 0 atom stereocenters. The molecule has 0 radical (unpaired) electrons. The van der Waals surface area contributed by atoms with Crippen LogP contribution in [0.15, 0.2) is 25.6 Å². The van der Waals surface area contributed by atoms with E-state index >= 15 is 0 Å². The number of benzene rings is 1. The maximum absolute atomic E-state index is 6.18. The minimum Gasteiger partial charge on any atom is -0.378 e. The Morgan fingerprint density at radius 1 is 1.24 bits per heavy atom. The highest BCUT2D eigenvalue weighted by Gasteiger charge is 2.11. The zero-order valence-corrected chi connectivity index (χ0v) is 17.0. The van der Waals surface area contributed by atoms with Gasteiger partial charge in [0.2, 0.25) is 0 Å². The first-order valence-electron chi connectivity index (χ1n) is 6.63. The summed E-state index contributed by atoms with van der Waals surface area (Å²) >= 11 is 16.7. The Balaban J connectivity index is 2.08. The van der Waals surface area contributed by atoms with Gasteiger partial charge in [0.15, 0.2) is 5.15 Å². The van der Waals surface area contributed by atoms with Crippen molar-refractivity contribution in [2.24, 2.45) is 0 Å². The molecule has 2 aromatic rings. The van der Waals surface area contributed by atoms with Crippen LogP contribution < -0.4 is 5.32 Å². The van der Waals surface area contributed by atoms with E-state index in [2.05, 4.69) is 70.0 Å².